The summed E-state index contributed by atoms with van der Waals surface area (Å²) in [7, 11) is 5.34. The van der Waals surface area contributed by atoms with Gasteiger partial charge < -0.3 is 19.9 Å². The number of carbonyl (C=O) groups is 3. The number of pyridine rings is 1. The maximum absolute atomic E-state index is 13.5. The molecule has 2 aromatic carbocycles. The van der Waals surface area contributed by atoms with Crippen molar-refractivity contribution in [2.45, 2.75) is 75.7 Å². The van der Waals surface area contributed by atoms with Crippen molar-refractivity contribution in [1.82, 2.24) is 34.1 Å². The van der Waals surface area contributed by atoms with Gasteiger partial charge in [-0.2, -0.15) is 18.3 Å². The Morgan fingerprint density at radius 3 is 2.46 bits per heavy atom. The molecule has 2 saturated heterocycles. The maximum Gasteiger partial charge on any atom is 0.433 e. The molecule has 1 atom stereocenters. The van der Waals surface area contributed by atoms with E-state index in [1.165, 1.54) is 17.7 Å². The van der Waals surface area contributed by atoms with Crippen LogP contribution >= 0.6 is 11.6 Å². The van der Waals surface area contributed by atoms with Gasteiger partial charge in [-0.1, -0.05) is 17.7 Å². The number of benzene rings is 2. The van der Waals surface area contributed by atoms with Crippen molar-refractivity contribution in [2.24, 2.45) is 13.0 Å². The highest BCUT2D eigenvalue weighted by Crippen LogP contribution is 2.38. The number of aromatic nitrogens is 5. The van der Waals surface area contributed by atoms with Gasteiger partial charge in [0, 0.05) is 56.8 Å². The minimum absolute atomic E-state index is 0.153. The van der Waals surface area contributed by atoms with Crippen molar-refractivity contribution < 1.29 is 32.3 Å². The summed E-state index contributed by atoms with van der Waals surface area (Å²) < 4.78 is 50.0. The van der Waals surface area contributed by atoms with Crippen LogP contribution in [0.4, 0.5) is 24.5 Å². The van der Waals surface area contributed by atoms with Crippen LogP contribution in [0.25, 0.3) is 21.9 Å². The number of hydrogen-bond acceptors (Lipinski definition) is 9. The van der Waals surface area contributed by atoms with Gasteiger partial charge in [0.2, 0.25) is 11.8 Å². The quantitative estimate of drug-likeness (QED) is 0.163. The van der Waals surface area contributed by atoms with E-state index in [0.717, 1.165) is 81.4 Å². The lowest BCUT2D eigenvalue weighted by Crippen LogP contribution is -2.45. The van der Waals surface area contributed by atoms with Gasteiger partial charge in [-0.3, -0.25) is 33.5 Å². The number of halogens is 4. The predicted molar refractivity (Wildman–Crippen MR) is 216 cm³/mol. The van der Waals surface area contributed by atoms with Gasteiger partial charge in [-0.05, 0) is 88.2 Å². The zero-order valence-corrected chi connectivity index (χ0v) is 33.6. The highest BCUT2D eigenvalue weighted by molar-refractivity contribution is 6.35. The molecule has 59 heavy (non-hydrogen) atoms. The number of hydrogen-bond donors (Lipinski definition) is 2. The van der Waals surface area contributed by atoms with E-state index in [-0.39, 0.29) is 36.2 Å². The van der Waals surface area contributed by atoms with E-state index in [9.17, 15) is 32.3 Å². The highest BCUT2D eigenvalue weighted by Gasteiger charge is 2.35. The lowest BCUT2D eigenvalue weighted by molar-refractivity contribution is -0.141. The van der Waals surface area contributed by atoms with E-state index in [2.05, 4.69) is 32.5 Å². The second-order valence-corrected chi connectivity index (χ2v) is 16.3. The highest BCUT2D eigenvalue weighted by atomic mass is 35.5. The van der Waals surface area contributed by atoms with Gasteiger partial charge in [0.1, 0.15) is 23.2 Å². The second-order valence-electron chi connectivity index (χ2n) is 15.9. The smallest absolute Gasteiger partial charge is 0.433 e. The molecule has 2 N–H and O–H groups in total. The minimum Gasteiger partial charge on any atom is -0.494 e. The molecule has 0 bridgehead atoms. The summed E-state index contributed by atoms with van der Waals surface area (Å²) in [6.45, 7) is 2.57. The molecule has 3 aromatic heterocycles. The number of nitrogens with one attached hydrogen (secondary N) is 2. The molecule has 3 aliphatic rings. The minimum atomic E-state index is -4.67. The average Bonchev–Trinajstić information content (AvgIpc) is 3.75. The molecule has 5 heterocycles. The van der Waals surface area contributed by atoms with Crippen LogP contribution in [-0.4, -0.2) is 86.4 Å². The molecule has 312 valence electrons. The van der Waals surface area contributed by atoms with Crippen molar-refractivity contribution in [2.75, 3.05) is 44.0 Å². The van der Waals surface area contributed by atoms with Gasteiger partial charge in [0.15, 0.2) is 0 Å². The fourth-order valence-electron chi connectivity index (χ4n) is 9.06. The standard InChI is InChI=1S/C41H45ClF3N9O5/c1-50(25-15-17-52(18-16-25)31-12-11-27(42)36-37(31)51(2)40(58)54(36)32-13-14-35(55)48-39(32)57)21-23-7-9-26(10-8-23)53-22-24-19-30(33(59-3)20-29(24)49-53)47-38(56)28-5-4-6-34(46-28)41(43,44)45/h4-6,11-12,19-20,22-23,25-26,32H,7-10,13-18,21H2,1-3H3,(H,47,56)(H,48,55,57)/t23-,26-,32?. The molecule has 1 aliphatic carbocycles. The number of anilines is 2. The van der Waals surface area contributed by atoms with E-state index >= 15 is 0 Å². The molecular formula is C41H45ClF3N9O5. The number of amides is 3. The van der Waals surface area contributed by atoms with E-state index in [4.69, 9.17) is 21.4 Å². The Balaban J connectivity index is 0.874. The first-order valence-corrected chi connectivity index (χ1v) is 20.2. The largest absolute Gasteiger partial charge is 0.494 e. The normalized spacial score (nSPS) is 20.7. The number of nitrogens with zero attached hydrogens (tertiary/aromatic N) is 7. The first-order chi connectivity index (χ1) is 28.2. The summed E-state index contributed by atoms with van der Waals surface area (Å²) in [4.78, 5) is 59.3. The molecule has 18 heteroatoms. The van der Waals surface area contributed by atoms with Crippen molar-refractivity contribution >= 4 is 62.6 Å². The number of fused-ring (bicyclic) bond motifs is 2. The molecule has 0 spiro atoms. The maximum atomic E-state index is 13.5. The van der Waals surface area contributed by atoms with Crippen LogP contribution in [0.15, 0.2) is 53.5 Å². The lowest BCUT2D eigenvalue weighted by atomic mass is 9.85. The van der Waals surface area contributed by atoms with Crippen LogP contribution in [0.5, 0.6) is 5.75 Å². The van der Waals surface area contributed by atoms with Crippen LogP contribution < -0.4 is 26.0 Å². The lowest BCUT2D eigenvalue weighted by Gasteiger charge is -2.40. The first kappa shape index (κ1) is 40.4. The number of alkyl halides is 3. The Morgan fingerprint density at radius 2 is 1.76 bits per heavy atom. The number of methoxy groups -OCH3 is 1. The average molecular weight is 836 g/mol. The van der Waals surface area contributed by atoms with Crippen LogP contribution in [0.2, 0.25) is 5.02 Å². The molecule has 8 rings (SSSR count). The third-order valence-corrected chi connectivity index (χ3v) is 12.5. The summed E-state index contributed by atoms with van der Waals surface area (Å²) in [5.74, 6) is -0.767. The number of aryl methyl sites for hydroxylation is 1. The SMILES string of the molecule is COc1cc2nn([C@H]3CC[C@H](CN(C)C4CCN(c5ccc(Cl)c6c5n(C)c(=O)n6C5CCC(=O)NC5=O)CC4)CC3)cc2cc1NC(=O)c1cccc(C(F)(F)F)n1. The molecule has 1 saturated carbocycles. The zero-order chi connectivity index (χ0) is 41.7. The summed E-state index contributed by atoms with van der Waals surface area (Å²) in [6.07, 6.45) is 3.54. The topological polar surface area (TPSA) is 149 Å². The van der Waals surface area contributed by atoms with E-state index in [1.807, 2.05) is 16.9 Å². The second kappa shape index (κ2) is 16.0. The summed E-state index contributed by atoms with van der Waals surface area (Å²) in [6, 6.07) is 10.1. The van der Waals surface area contributed by atoms with Gasteiger partial charge >= 0.3 is 11.9 Å². The van der Waals surface area contributed by atoms with Crippen molar-refractivity contribution in [3.05, 3.63) is 75.6 Å². The molecule has 3 amide bonds. The monoisotopic (exact) mass is 835 g/mol. The Hall–Kier alpha value is -5.42. The van der Waals surface area contributed by atoms with Crippen molar-refractivity contribution in [3.63, 3.8) is 0 Å². The molecular weight excluding hydrogens is 791 g/mol. The third-order valence-electron chi connectivity index (χ3n) is 12.2. The van der Waals surface area contributed by atoms with E-state index in [1.54, 1.807) is 29.8 Å². The van der Waals surface area contributed by atoms with Gasteiger partial charge in [-0.15, -0.1) is 0 Å². The summed E-state index contributed by atoms with van der Waals surface area (Å²) in [5, 5.41) is 11.0. The van der Waals surface area contributed by atoms with E-state index in [0.29, 0.717) is 45.0 Å². The van der Waals surface area contributed by atoms with Crippen LogP contribution in [0.1, 0.15) is 79.6 Å². The van der Waals surface area contributed by atoms with E-state index < -0.39 is 29.7 Å². The van der Waals surface area contributed by atoms with Crippen LogP contribution in [0.3, 0.4) is 0 Å². The molecule has 1 unspecified atom stereocenters. The Labute approximate surface area is 342 Å². The Bertz CT molecular complexity index is 2500. The fourth-order valence-corrected chi connectivity index (χ4v) is 9.30. The molecule has 3 fully saturated rings. The number of imidazole rings is 1. The van der Waals surface area contributed by atoms with Gasteiger partial charge in [0.05, 0.1) is 46.1 Å². The number of piperidine rings is 2. The van der Waals surface area contributed by atoms with Crippen LogP contribution in [0, 0.1) is 5.92 Å². The number of rotatable bonds is 9. The number of carbonyl (C=O) groups excluding carboxylic acids is 3. The van der Waals surface area contributed by atoms with Crippen LogP contribution in [-0.2, 0) is 22.8 Å². The summed E-state index contributed by atoms with van der Waals surface area (Å²) in [5.41, 5.74) is 1.21. The Morgan fingerprint density at radius 1 is 1.02 bits per heavy atom. The first-order valence-electron chi connectivity index (χ1n) is 19.8. The predicted octanol–water partition coefficient (Wildman–Crippen LogP) is 6.33. The Kier molecular flexibility index (Phi) is 10.9. The zero-order valence-electron chi connectivity index (χ0n) is 32.9. The number of imide groups is 1. The molecule has 14 nitrogen and oxygen atoms in total. The van der Waals surface area contributed by atoms with Gasteiger partial charge in [0.25, 0.3) is 5.91 Å². The number of ether oxygens (including phenoxy) is 1. The van der Waals surface area contributed by atoms with Gasteiger partial charge in [-0.25, -0.2) is 9.78 Å². The van der Waals surface area contributed by atoms with Crippen molar-refractivity contribution in [1.29, 1.82) is 0 Å². The molecule has 5 aromatic rings. The fraction of sp³-hybridized carbons (Fsp3) is 0.463. The third kappa shape index (κ3) is 7.89. The summed E-state index contributed by atoms with van der Waals surface area (Å²) >= 11 is 6.69. The molecule has 2 aliphatic heterocycles. The van der Waals surface area contributed by atoms with Crippen molar-refractivity contribution in [3.8, 4) is 5.75 Å². The molecule has 0 radical (unpaired) electrons.